The molecule has 1 amide bonds. The molecule has 1 saturated carbocycles. The Labute approximate surface area is 164 Å². The van der Waals surface area contributed by atoms with Crippen molar-refractivity contribution in [3.05, 3.63) is 59.7 Å². The number of alkyl carbamates (subject to hydrolysis) is 1. The van der Waals surface area contributed by atoms with Gasteiger partial charge in [0.15, 0.2) is 0 Å². The van der Waals surface area contributed by atoms with Crippen LogP contribution in [0.2, 0.25) is 0 Å². The quantitative estimate of drug-likeness (QED) is 0.764. The topological polar surface area (TPSA) is 75.6 Å². The van der Waals surface area contributed by atoms with Crippen LogP contribution in [0.15, 0.2) is 48.5 Å². The zero-order chi connectivity index (χ0) is 19.5. The van der Waals surface area contributed by atoms with Gasteiger partial charge in [-0.15, -0.1) is 0 Å². The lowest BCUT2D eigenvalue weighted by Crippen LogP contribution is -2.43. The fourth-order valence-electron chi connectivity index (χ4n) is 4.57. The van der Waals surface area contributed by atoms with Gasteiger partial charge in [-0.05, 0) is 35.1 Å². The van der Waals surface area contributed by atoms with Gasteiger partial charge < -0.3 is 15.2 Å². The summed E-state index contributed by atoms with van der Waals surface area (Å²) in [5, 5.41) is 12.3. The van der Waals surface area contributed by atoms with Crippen molar-refractivity contribution in [2.75, 3.05) is 6.61 Å². The van der Waals surface area contributed by atoms with Gasteiger partial charge in [0, 0.05) is 12.0 Å². The number of amides is 1. The van der Waals surface area contributed by atoms with Gasteiger partial charge in [0.2, 0.25) is 0 Å². The lowest BCUT2D eigenvalue weighted by atomic mass is 9.95. The first-order valence-electron chi connectivity index (χ1n) is 9.99. The van der Waals surface area contributed by atoms with Crippen molar-refractivity contribution in [2.24, 2.45) is 5.92 Å². The fraction of sp³-hybridized carbons (Fsp3) is 0.391. The van der Waals surface area contributed by atoms with Gasteiger partial charge in [-0.3, -0.25) is 4.79 Å². The van der Waals surface area contributed by atoms with Crippen molar-refractivity contribution < 1.29 is 19.4 Å². The summed E-state index contributed by atoms with van der Waals surface area (Å²) in [4.78, 5) is 24.0. The predicted molar refractivity (Wildman–Crippen MR) is 106 cm³/mol. The summed E-state index contributed by atoms with van der Waals surface area (Å²) >= 11 is 0. The standard InChI is InChI=1S/C23H25NO4/c25-22(26)19-12-2-1-3-13-21(19)24-23(27)28-14-20-17-10-6-4-8-15(17)16-9-5-7-11-18(16)20/h4-11,19-21H,1-3,12-14H2,(H,24,27)(H,25,26). The predicted octanol–water partition coefficient (Wildman–Crippen LogP) is 4.56. The van der Waals surface area contributed by atoms with Gasteiger partial charge in [-0.25, -0.2) is 4.79 Å². The molecule has 28 heavy (non-hydrogen) atoms. The van der Waals surface area contributed by atoms with E-state index in [1.165, 1.54) is 11.1 Å². The second-order valence-corrected chi connectivity index (χ2v) is 7.66. The van der Waals surface area contributed by atoms with Crippen LogP contribution in [0, 0.1) is 5.92 Å². The van der Waals surface area contributed by atoms with Crippen molar-refractivity contribution >= 4 is 12.1 Å². The Balaban J connectivity index is 1.44. The number of aliphatic carboxylic acids is 1. The number of rotatable bonds is 4. The Morgan fingerprint density at radius 1 is 0.929 bits per heavy atom. The van der Waals surface area contributed by atoms with E-state index >= 15 is 0 Å². The highest BCUT2D eigenvalue weighted by Crippen LogP contribution is 2.44. The molecule has 146 valence electrons. The molecule has 2 atom stereocenters. The van der Waals surface area contributed by atoms with Crippen LogP contribution in [0.4, 0.5) is 4.79 Å². The maximum Gasteiger partial charge on any atom is 0.407 e. The van der Waals surface area contributed by atoms with Crippen LogP contribution in [0.5, 0.6) is 0 Å². The second kappa shape index (κ2) is 8.05. The zero-order valence-corrected chi connectivity index (χ0v) is 15.8. The van der Waals surface area contributed by atoms with Crippen molar-refractivity contribution in [3.8, 4) is 11.1 Å². The van der Waals surface area contributed by atoms with E-state index in [4.69, 9.17) is 4.74 Å². The number of carboxylic acid groups (broad SMARTS) is 1. The van der Waals surface area contributed by atoms with E-state index < -0.39 is 18.0 Å². The molecule has 2 unspecified atom stereocenters. The number of carbonyl (C=O) groups excluding carboxylic acids is 1. The summed E-state index contributed by atoms with van der Waals surface area (Å²) in [5.41, 5.74) is 4.69. The largest absolute Gasteiger partial charge is 0.481 e. The average Bonchev–Trinajstić information content (AvgIpc) is 2.83. The fourth-order valence-corrected chi connectivity index (χ4v) is 4.57. The average molecular weight is 379 g/mol. The van der Waals surface area contributed by atoms with Crippen LogP contribution < -0.4 is 5.32 Å². The number of nitrogens with one attached hydrogen (secondary N) is 1. The van der Waals surface area contributed by atoms with Crippen LogP contribution in [-0.2, 0) is 9.53 Å². The first kappa shape index (κ1) is 18.5. The summed E-state index contributed by atoms with van der Waals surface area (Å²) < 4.78 is 5.57. The zero-order valence-electron chi connectivity index (χ0n) is 15.8. The maximum absolute atomic E-state index is 12.4. The van der Waals surface area contributed by atoms with Crippen LogP contribution in [0.1, 0.15) is 49.1 Å². The highest BCUT2D eigenvalue weighted by molar-refractivity contribution is 5.79. The number of fused-ring (bicyclic) bond motifs is 3. The summed E-state index contributed by atoms with van der Waals surface area (Å²) in [7, 11) is 0. The van der Waals surface area contributed by atoms with Crippen LogP contribution in [0.25, 0.3) is 11.1 Å². The van der Waals surface area contributed by atoms with E-state index in [1.807, 2.05) is 24.3 Å². The van der Waals surface area contributed by atoms with Gasteiger partial charge in [0.05, 0.1) is 5.92 Å². The molecular weight excluding hydrogens is 354 g/mol. The summed E-state index contributed by atoms with van der Waals surface area (Å²) in [6.07, 6.45) is 3.58. The minimum Gasteiger partial charge on any atom is -0.481 e. The molecule has 2 aliphatic rings. The second-order valence-electron chi connectivity index (χ2n) is 7.66. The highest BCUT2D eigenvalue weighted by Gasteiger charge is 2.32. The van der Waals surface area contributed by atoms with Gasteiger partial charge >= 0.3 is 12.1 Å². The number of hydrogen-bond donors (Lipinski definition) is 2. The molecule has 0 aromatic heterocycles. The molecule has 2 aliphatic carbocycles. The summed E-state index contributed by atoms with van der Waals surface area (Å²) in [6.45, 7) is 0.240. The smallest absolute Gasteiger partial charge is 0.407 e. The van der Waals surface area contributed by atoms with E-state index in [-0.39, 0.29) is 18.6 Å². The molecule has 0 aliphatic heterocycles. The summed E-state index contributed by atoms with van der Waals surface area (Å²) in [6, 6.07) is 16.0. The van der Waals surface area contributed by atoms with Crippen LogP contribution >= 0.6 is 0 Å². The molecule has 4 rings (SSSR count). The molecule has 2 aromatic rings. The van der Waals surface area contributed by atoms with Crippen molar-refractivity contribution in [1.82, 2.24) is 5.32 Å². The van der Waals surface area contributed by atoms with Gasteiger partial charge in [0.25, 0.3) is 0 Å². The van der Waals surface area contributed by atoms with Gasteiger partial charge in [0.1, 0.15) is 6.61 Å². The lowest BCUT2D eigenvalue weighted by Gasteiger charge is -2.23. The molecule has 1 fully saturated rings. The molecule has 5 nitrogen and oxygen atoms in total. The van der Waals surface area contributed by atoms with Gasteiger partial charge in [-0.1, -0.05) is 67.8 Å². The van der Waals surface area contributed by atoms with Crippen molar-refractivity contribution in [2.45, 2.75) is 44.1 Å². The Kier molecular flexibility index (Phi) is 5.33. The first-order chi connectivity index (χ1) is 13.6. The van der Waals surface area contributed by atoms with E-state index in [0.29, 0.717) is 12.8 Å². The molecular formula is C23H25NO4. The highest BCUT2D eigenvalue weighted by atomic mass is 16.5. The Morgan fingerprint density at radius 3 is 2.18 bits per heavy atom. The van der Waals surface area contributed by atoms with Crippen molar-refractivity contribution in [1.29, 1.82) is 0 Å². The number of carboxylic acids is 1. The Hall–Kier alpha value is -2.82. The molecule has 2 N–H and O–H groups in total. The Bertz CT molecular complexity index is 833. The SMILES string of the molecule is O=C(NC1CCCCCC1C(=O)O)OCC1c2ccccc2-c2ccccc21. The van der Waals surface area contributed by atoms with Crippen molar-refractivity contribution in [3.63, 3.8) is 0 Å². The monoisotopic (exact) mass is 379 g/mol. The van der Waals surface area contributed by atoms with Crippen LogP contribution in [-0.4, -0.2) is 29.8 Å². The number of benzene rings is 2. The van der Waals surface area contributed by atoms with E-state index in [2.05, 4.69) is 29.6 Å². The molecule has 2 aromatic carbocycles. The first-order valence-corrected chi connectivity index (χ1v) is 9.99. The molecule has 0 radical (unpaired) electrons. The molecule has 5 heteroatoms. The van der Waals surface area contributed by atoms with Crippen LogP contribution in [0.3, 0.4) is 0 Å². The minimum atomic E-state index is -0.842. The minimum absolute atomic E-state index is 0.00237. The molecule has 0 bridgehead atoms. The lowest BCUT2D eigenvalue weighted by molar-refractivity contribution is -0.142. The van der Waals surface area contributed by atoms with E-state index in [9.17, 15) is 14.7 Å². The molecule has 0 saturated heterocycles. The molecule has 0 heterocycles. The number of hydrogen-bond acceptors (Lipinski definition) is 3. The molecule has 0 spiro atoms. The third-order valence-corrected chi connectivity index (χ3v) is 5.98. The van der Waals surface area contributed by atoms with E-state index in [0.717, 1.165) is 30.4 Å². The number of carbonyl (C=O) groups is 2. The normalized spacial score (nSPS) is 21.3. The summed E-state index contributed by atoms with van der Waals surface area (Å²) in [5.74, 6) is -1.38. The number of ether oxygens (including phenoxy) is 1. The third kappa shape index (κ3) is 3.61. The van der Waals surface area contributed by atoms with Gasteiger partial charge in [-0.2, -0.15) is 0 Å². The Morgan fingerprint density at radius 2 is 1.54 bits per heavy atom. The maximum atomic E-state index is 12.4. The third-order valence-electron chi connectivity index (χ3n) is 5.98. The van der Waals surface area contributed by atoms with E-state index in [1.54, 1.807) is 0 Å².